The van der Waals surface area contributed by atoms with Crippen LogP contribution in [0.2, 0.25) is 0 Å². The fourth-order valence-electron chi connectivity index (χ4n) is 19.1. The van der Waals surface area contributed by atoms with Gasteiger partial charge in [0.1, 0.15) is 18.7 Å². The third kappa shape index (κ3) is 24.3. The number of hydrogen-bond acceptors (Lipinski definition) is 13. The SMILES string of the molecule is CCC1CCC(CC2=CCC=N2)C1.CCCC1CCC(CC2=CCC=N2)C1.CCCC1CCC(CC2=CCC=N2)N1C(=O)c1ccccc1.CCC[C@@H]1OC(C)(CC)[C@H](Cc2cnc[nH]2)N1C(=O)c1ccccc1.CC[C@@H]1OC(C)(CC)[C@H](Cc2cnc[nH]2)N1C(=O)c1ccccc1.CC[C@@H]1OC(C)(CC)[C@H](Cc2cnc[nH]2)N1C(C)=O. The Morgan fingerprint density at radius 1 is 0.393 bits per heavy atom. The Balaban J connectivity index is 0.000000150. The average Bonchev–Trinajstić information content (AvgIpc) is 1.62. The van der Waals surface area contributed by atoms with E-state index in [4.69, 9.17) is 14.2 Å². The van der Waals surface area contributed by atoms with Crippen LogP contribution in [0.4, 0.5) is 0 Å². The number of imidazole rings is 3. The molecular formula is C97H139N13O7. The standard InChI is InChI=1S/C20H27N3O2.C19H25N3O2.C19H24N2O.C14H23N3O2.C13H21N.C12H19N/c1-4-9-18-23(19(24)15-10-7-6-8-11-15)17(20(3,5-2)25-18)12-16-13-21-14-22-16;1-4-17-22(18(23)14-9-7-6-8-10-14)16(19(3,5-2)24-17)11-15-12-20-13-21-15;1-2-7-17-11-12-18(14-16-10-6-13-20-16)21(17)19(22)15-8-4-3-5-9-15;1-5-13-17(10(3)18)12(14(4,6-2)19-13)7-11-8-15-9-16-11;1-2-4-11-6-7-12(9-11)10-13-5-3-8-14-13;1-2-10-5-6-11(8-10)9-12-4-3-7-13-12/h6-8,10-11,13-14,17-18H,4-5,9,12H2,1-3H3,(H,21,22);6-10,12-13,16-17H,4-5,11H2,1-3H3,(H,20,21);3-5,8-10,13,17-18H,2,6-7,11-12,14H2,1H3;8-9,12-13H,5-7H2,1-4H3,(H,15,16);5,8,11-12H,2-4,6-7,9-10H2,1H3;4,7,10-11H,2-3,5-6,8-9H2,1H3/t17-,18-,20?;16-,17-,19?;;12-,13-,14?;;/m00.0../s1. The van der Waals surface area contributed by atoms with Gasteiger partial charge in [0.25, 0.3) is 17.7 Å². The summed E-state index contributed by atoms with van der Waals surface area (Å²) < 4.78 is 18.9. The Kier molecular flexibility index (Phi) is 34.8. The van der Waals surface area contributed by atoms with Gasteiger partial charge in [-0.15, -0.1) is 0 Å². The summed E-state index contributed by atoms with van der Waals surface area (Å²) in [6, 6.07) is 29.3. The molecule has 6 aromatic rings. The van der Waals surface area contributed by atoms with E-state index in [0.29, 0.717) is 36.1 Å². The van der Waals surface area contributed by atoms with Gasteiger partial charge >= 0.3 is 0 Å². The van der Waals surface area contributed by atoms with Crippen molar-refractivity contribution in [1.82, 2.24) is 49.5 Å². The van der Waals surface area contributed by atoms with Crippen LogP contribution in [0.15, 0.2) is 179 Å². The molecule has 117 heavy (non-hydrogen) atoms. The van der Waals surface area contributed by atoms with Gasteiger partial charge < -0.3 is 48.8 Å². The first-order valence-electron chi connectivity index (χ1n) is 44.8. The number of carbonyl (C=O) groups is 4. The van der Waals surface area contributed by atoms with Crippen LogP contribution in [-0.2, 0) is 38.3 Å². The maximum atomic E-state index is 13.3. The summed E-state index contributed by atoms with van der Waals surface area (Å²) in [6.07, 6.45) is 54.7. The number of aliphatic imine (C=N–C) groups is 3. The molecule has 7 aliphatic heterocycles. The summed E-state index contributed by atoms with van der Waals surface area (Å²) in [5.74, 6) is 4.24. The van der Waals surface area contributed by atoms with Crippen LogP contribution < -0.4 is 0 Å². The van der Waals surface area contributed by atoms with E-state index in [-0.39, 0.29) is 77.2 Å². The number of nitrogens with zero attached hydrogens (tertiary/aromatic N) is 10. The number of H-pyrrole nitrogens is 3. The van der Waals surface area contributed by atoms with E-state index in [9.17, 15) is 19.2 Å². The lowest BCUT2D eigenvalue weighted by Gasteiger charge is -2.32. The number of carbonyl (C=O) groups excluding carboxylic acids is 4. The van der Waals surface area contributed by atoms with Gasteiger partial charge in [0.05, 0.1) is 53.9 Å². The molecule has 6 fully saturated rings. The van der Waals surface area contributed by atoms with E-state index < -0.39 is 0 Å². The summed E-state index contributed by atoms with van der Waals surface area (Å²) in [7, 11) is 0. The zero-order chi connectivity index (χ0) is 83.3. The van der Waals surface area contributed by atoms with Crippen LogP contribution in [-0.4, -0.2) is 157 Å². The van der Waals surface area contributed by atoms with Crippen LogP contribution in [0.3, 0.4) is 0 Å². The maximum absolute atomic E-state index is 13.3. The molecule has 4 amide bonds. The molecule has 3 N–H and O–H groups in total. The van der Waals surface area contributed by atoms with Crippen molar-refractivity contribution >= 4 is 42.3 Å². The smallest absolute Gasteiger partial charge is 0.256 e. The molecule has 15 atom stereocenters. The van der Waals surface area contributed by atoms with Crippen molar-refractivity contribution in [2.24, 2.45) is 38.6 Å². The Labute approximate surface area is 699 Å². The number of hydrogen-bond donors (Lipinski definition) is 3. The molecule has 9 unspecified atom stereocenters. The topological polar surface area (TPSA) is 232 Å². The Morgan fingerprint density at radius 2 is 0.752 bits per heavy atom. The molecule has 15 rings (SSSR count). The lowest BCUT2D eigenvalue weighted by atomic mass is 9.89. The average molecular weight is 1600 g/mol. The van der Waals surface area contributed by atoms with E-state index in [0.717, 1.165) is 155 Å². The van der Waals surface area contributed by atoms with Crippen molar-refractivity contribution in [3.8, 4) is 0 Å². The van der Waals surface area contributed by atoms with Crippen LogP contribution in [0, 0.1) is 23.7 Å². The maximum Gasteiger partial charge on any atom is 0.256 e. The van der Waals surface area contributed by atoms with E-state index in [1.807, 2.05) is 143 Å². The molecular weight excluding hydrogens is 1460 g/mol. The van der Waals surface area contributed by atoms with Crippen molar-refractivity contribution in [1.29, 1.82) is 0 Å². The van der Waals surface area contributed by atoms with E-state index in [1.165, 1.54) is 82.0 Å². The molecule has 20 nitrogen and oxygen atoms in total. The molecule has 2 aliphatic carbocycles. The second-order valence-electron chi connectivity index (χ2n) is 34.2. The molecule has 20 heteroatoms. The first-order chi connectivity index (χ1) is 56.7. The van der Waals surface area contributed by atoms with Gasteiger partial charge in [-0.2, -0.15) is 0 Å². The Hall–Kier alpha value is -8.72. The van der Waals surface area contributed by atoms with Crippen molar-refractivity contribution in [3.63, 3.8) is 0 Å². The molecule has 0 radical (unpaired) electrons. The highest BCUT2D eigenvalue weighted by atomic mass is 16.6. The van der Waals surface area contributed by atoms with Crippen molar-refractivity contribution in [3.05, 3.63) is 198 Å². The monoisotopic (exact) mass is 1600 g/mol. The largest absolute Gasteiger partial charge is 0.350 e. The third-order valence-corrected chi connectivity index (χ3v) is 26.0. The van der Waals surface area contributed by atoms with Gasteiger partial charge in [-0.25, -0.2) is 15.0 Å². The van der Waals surface area contributed by atoms with E-state index >= 15 is 0 Å². The summed E-state index contributed by atoms with van der Waals surface area (Å²) in [5.41, 5.74) is 8.12. The molecule has 0 bridgehead atoms. The zero-order valence-electron chi connectivity index (χ0n) is 72.9. The molecule has 3 aromatic heterocycles. The number of aromatic amines is 3. The minimum absolute atomic E-state index is 0.0257. The molecule has 634 valence electrons. The lowest BCUT2D eigenvalue weighted by Crippen LogP contribution is -2.48. The molecule has 4 saturated heterocycles. The zero-order valence-corrected chi connectivity index (χ0v) is 72.9. The van der Waals surface area contributed by atoms with Gasteiger partial charge in [-0.3, -0.25) is 34.2 Å². The minimum Gasteiger partial charge on any atom is -0.350 e. The van der Waals surface area contributed by atoms with Crippen molar-refractivity contribution in [2.75, 3.05) is 0 Å². The van der Waals surface area contributed by atoms with Crippen molar-refractivity contribution < 1.29 is 33.4 Å². The van der Waals surface area contributed by atoms with E-state index in [2.05, 4.69) is 151 Å². The van der Waals surface area contributed by atoms with Gasteiger partial charge in [0, 0.05) is 152 Å². The predicted molar refractivity (Wildman–Crippen MR) is 471 cm³/mol. The van der Waals surface area contributed by atoms with Gasteiger partial charge in [-0.05, 0) is 177 Å². The number of amides is 4. The molecule has 9 aliphatic rings. The summed E-state index contributed by atoms with van der Waals surface area (Å²) >= 11 is 0. The number of benzene rings is 3. The fraction of sp³-hybridized carbons (Fsp3) is 0.588. The van der Waals surface area contributed by atoms with Crippen LogP contribution in [0.5, 0.6) is 0 Å². The normalized spacial score (nSPS) is 27.9. The third-order valence-electron chi connectivity index (χ3n) is 26.0. The first-order valence-corrected chi connectivity index (χ1v) is 44.8. The lowest BCUT2D eigenvalue weighted by molar-refractivity contribution is -0.136. The summed E-state index contributed by atoms with van der Waals surface area (Å²) in [5, 5.41) is 0. The molecule has 0 spiro atoms. The highest BCUT2D eigenvalue weighted by molar-refractivity contribution is 5.96. The van der Waals surface area contributed by atoms with Crippen LogP contribution in [0.25, 0.3) is 0 Å². The van der Waals surface area contributed by atoms with Gasteiger partial charge in [0.15, 0.2) is 0 Å². The number of nitrogens with one attached hydrogen (secondary N) is 3. The number of ether oxygens (including phenoxy) is 3. The number of aromatic nitrogens is 6. The van der Waals surface area contributed by atoms with Crippen molar-refractivity contribution in [2.45, 2.75) is 342 Å². The van der Waals surface area contributed by atoms with Gasteiger partial charge in [-0.1, -0.05) is 180 Å². The van der Waals surface area contributed by atoms with Crippen LogP contribution >= 0.6 is 0 Å². The number of allylic oxidation sites excluding steroid dienone is 5. The fourth-order valence-corrected chi connectivity index (χ4v) is 19.1. The predicted octanol–water partition coefficient (Wildman–Crippen LogP) is 21.0. The first kappa shape index (κ1) is 90.6. The van der Waals surface area contributed by atoms with E-state index in [1.54, 1.807) is 25.9 Å². The quantitative estimate of drug-likeness (QED) is 0.0441. The minimum atomic E-state index is -0.366. The summed E-state index contributed by atoms with van der Waals surface area (Å²) in [6.45, 7) is 27.3. The number of rotatable bonds is 27. The second kappa shape index (κ2) is 44.9. The highest BCUT2D eigenvalue weighted by Crippen LogP contribution is 2.44. The molecule has 10 heterocycles. The Morgan fingerprint density at radius 3 is 1.11 bits per heavy atom. The molecule has 2 saturated carbocycles. The number of likely N-dealkylation sites (tertiary alicyclic amines) is 1. The molecule has 3 aromatic carbocycles. The second-order valence-corrected chi connectivity index (χ2v) is 34.2. The van der Waals surface area contributed by atoms with Crippen LogP contribution in [0.1, 0.15) is 305 Å². The van der Waals surface area contributed by atoms with Gasteiger partial charge in [0.2, 0.25) is 5.91 Å². The summed E-state index contributed by atoms with van der Waals surface area (Å²) in [4.78, 5) is 94.3. The highest BCUT2D eigenvalue weighted by Gasteiger charge is 2.54. The Bertz CT molecular complexity index is 4170.